The molecule has 1 N–H and O–H groups in total. The fraction of sp³-hybridized carbons (Fsp3) is 0.375. The number of hydrogen-bond donors (Lipinski definition) is 1. The van der Waals surface area contributed by atoms with Gasteiger partial charge in [0.1, 0.15) is 11.5 Å². The first-order valence-electron chi connectivity index (χ1n) is 3.79. The molecule has 1 aromatic heterocycles. The summed E-state index contributed by atoms with van der Waals surface area (Å²) in [5, 5.41) is 0. The lowest BCUT2D eigenvalue weighted by Crippen LogP contribution is -2.19. The Bertz CT molecular complexity index is 381. The van der Waals surface area contributed by atoms with E-state index in [1.54, 1.807) is 14.1 Å². The number of halogens is 3. The molecule has 0 aliphatic rings. The Balaban J connectivity index is 3.28. The van der Waals surface area contributed by atoms with Gasteiger partial charge in [0, 0.05) is 26.2 Å². The van der Waals surface area contributed by atoms with E-state index in [1.165, 1.54) is 4.90 Å². The summed E-state index contributed by atoms with van der Waals surface area (Å²) in [6, 6.07) is 1.64. The molecule has 3 nitrogen and oxygen atoms in total. The monoisotopic (exact) mass is 206 g/mol. The molecule has 0 atom stereocenters. The van der Waals surface area contributed by atoms with E-state index in [0.717, 1.165) is 6.07 Å². The summed E-state index contributed by atoms with van der Waals surface area (Å²) in [6.07, 6.45) is -4.52. The molecular formula is C8H9F3N2O. The molecule has 0 unspecified atom stereocenters. The molecule has 0 fully saturated rings. The Morgan fingerprint density at radius 3 is 2.29 bits per heavy atom. The van der Waals surface area contributed by atoms with Crippen LogP contribution in [0.5, 0.6) is 0 Å². The second-order valence-corrected chi connectivity index (χ2v) is 3.01. The highest BCUT2D eigenvalue weighted by atomic mass is 19.4. The van der Waals surface area contributed by atoms with Crippen molar-refractivity contribution in [1.82, 2.24) is 4.98 Å². The van der Waals surface area contributed by atoms with Crippen LogP contribution in [0, 0.1) is 0 Å². The van der Waals surface area contributed by atoms with E-state index in [2.05, 4.69) is 4.98 Å². The van der Waals surface area contributed by atoms with Gasteiger partial charge in [0.15, 0.2) is 5.43 Å². The molecule has 78 valence electrons. The number of rotatable bonds is 1. The van der Waals surface area contributed by atoms with Gasteiger partial charge in [0.05, 0.1) is 0 Å². The van der Waals surface area contributed by atoms with Gasteiger partial charge in [0.2, 0.25) is 0 Å². The number of aromatic nitrogens is 1. The highest BCUT2D eigenvalue weighted by Crippen LogP contribution is 2.27. The fourth-order valence-corrected chi connectivity index (χ4v) is 0.922. The third kappa shape index (κ3) is 2.27. The summed E-state index contributed by atoms with van der Waals surface area (Å²) in [5.41, 5.74) is -1.70. The molecule has 0 radical (unpaired) electrons. The zero-order chi connectivity index (χ0) is 10.9. The molecule has 0 spiro atoms. The summed E-state index contributed by atoms with van der Waals surface area (Å²) >= 11 is 0. The first kappa shape index (κ1) is 10.6. The zero-order valence-electron chi connectivity index (χ0n) is 7.64. The predicted molar refractivity (Wildman–Crippen MR) is 46.4 cm³/mol. The minimum atomic E-state index is -4.52. The number of hydrogen-bond acceptors (Lipinski definition) is 2. The van der Waals surface area contributed by atoms with Crippen molar-refractivity contribution in [3.05, 3.63) is 28.0 Å². The molecule has 6 heteroatoms. The van der Waals surface area contributed by atoms with Crippen LogP contribution in [0.1, 0.15) is 5.69 Å². The predicted octanol–water partition coefficient (Wildman–Crippen LogP) is 1.46. The molecular weight excluding hydrogens is 197 g/mol. The molecule has 0 saturated carbocycles. The summed E-state index contributed by atoms with van der Waals surface area (Å²) in [7, 11) is 3.09. The molecule has 0 aliphatic carbocycles. The third-order valence-corrected chi connectivity index (χ3v) is 1.62. The third-order valence-electron chi connectivity index (χ3n) is 1.62. The Kier molecular flexibility index (Phi) is 2.55. The van der Waals surface area contributed by atoms with E-state index in [-0.39, 0.29) is 5.82 Å². The van der Waals surface area contributed by atoms with Crippen LogP contribution in [0.3, 0.4) is 0 Å². The topological polar surface area (TPSA) is 36.1 Å². The minimum absolute atomic E-state index is 0.129. The number of nitrogens with one attached hydrogen (secondary N) is 1. The fourth-order valence-electron chi connectivity index (χ4n) is 0.922. The average Bonchev–Trinajstić information content (AvgIpc) is 2.01. The smallest absolute Gasteiger partial charge is 0.364 e. The number of pyridine rings is 1. The highest BCUT2D eigenvalue weighted by molar-refractivity contribution is 5.37. The van der Waals surface area contributed by atoms with Crippen LogP contribution in [0.4, 0.5) is 19.0 Å². The van der Waals surface area contributed by atoms with Crippen molar-refractivity contribution >= 4 is 5.82 Å². The lowest BCUT2D eigenvalue weighted by molar-refractivity contribution is -0.141. The molecule has 0 saturated heterocycles. The lowest BCUT2D eigenvalue weighted by atomic mass is 10.3. The second kappa shape index (κ2) is 3.36. The van der Waals surface area contributed by atoms with E-state index in [4.69, 9.17) is 0 Å². The SMILES string of the molecule is CN(C)c1cc(=O)cc(C(F)(F)F)[nH]1. The van der Waals surface area contributed by atoms with Crippen molar-refractivity contribution in [2.24, 2.45) is 0 Å². The lowest BCUT2D eigenvalue weighted by Gasteiger charge is -2.14. The van der Waals surface area contributed by atoms with Gasteiger partial charge in [-0.25, -0.2) is 0 Å². The minimum Gasteiger partial charge on any atom is -0.364 e. The van der Waals surface area contributed by atoms with Crippen molar-refractivity contribution in [2.45, 2.75) is 6.18 Å². The standard InChI is InChI=1S/C8H9F3N2O/c1-13(2)7-4-5(14)3-6(12-7)8(9,10)11/h3-4H,1-2H3,(H,12,14). The van der Waals surface area contributed by atoms with E-state index in [9.17, 15) is 18.0 Å². The van der Waals surface area contributed by atoms with Gasteiger partial charge in [-0.2, -0.15) is 13.2 Å². The van der Waals surface area contributed by atoms with Crippen molar-refractivity contribution in [1.29, 1.82) is 0 Å². The maximum absolute atomic E-state index is 12.2. The Morgan fingerprint density at radius 2 is 1.86 bits per heavy atom. The zero-order valence-corrected chi connectivity index (χ0v) is 7.64. The maximum Gasteiger partial charge on any atom is 0.431 e. The normalized spacial score (nSPS) is 11.5. The summed E-state index contributed by atoms with van der Waals surface area (Å²) < 4.78 is 36.7. The molecule has 1 aromatic rings. The Morgan fingerprint density at radius 1 is 1.29 bits per heavy atom. The van der Waals surface area contributed by atoms with Gasteiger partial charge in [-0.1, -0.05) is 0 Å². The van der Waals surface area contributed by atoms with Crippen molar-refractivity contribution in [3.63, 3.8) is 0 Å². The summed E-state index contributed by atoms with van der Waals surface area (Å²) in [6.45, 7) is 0. The molecule has 14 heavy (non-hydrogen) atoms. The highest BCUT2D eigenvalue weighted by Gasteiger charge is 2.32. The van der Waals surface area contributed by atoms with Crippen LogP contribution in [0.25, 0.3) is 0 Å². The largest absolute Gasteiger partial charge is 0.431 e. The maximum atomic E-state index is 12.2. The molecule has 0 aliphatic heterocycles. The van der Waals surface area contributed by atoms with Crippen LogP contribution in [0.15, 0.2) is 16.9 Å². The van der Waals surface area contributed by atoms with Crippen molar-refractivity contribution < 1.29 is 13.2 Å². The van der Waals surface area contributed by atoms with E-state index in [0.29, 0.717) is 6.07 Å². The number of nitrogens with zero attached hydrogens (tertiary/aromatic N) is 1. The van der Waals surface area contributed by atoms with E-state index >= 15 is 0 Å². The van der Waals surface area contributed by atoms with Crippen LogP contribution >= 0.6 is 0 Å². The molecule has 1 rings (SSSR count). The molecule has 0 aromatic carbocycles. The molecule has 0 amide bonds. The van der Waals surface area contributed by atoms with Crippen molar-refractivity contribution in [2.75, 3.05) is 19.0 Å². The van der Waals surface area contributed by atoms with Gasteiger partial charge >= 0.3 is 6.18 Å². The van der Waals surface area contributed by atoms with Crippen LogP contribution in [-0.2, 0) is 6.18 Å². The number of anilines is 1. The number of aromatic amines is 1. The second-order valence-electron chi connectivity index (χ2n) is 3.01. The first-order valence-corrected chi connectivity index (χ1v) is 3.79. The van der Waals surface area contributed by atoms with Gasteiger partial charge in [-0.3, -0.25) is 4.79 Å². The average molecular weight is 206 g/mol. The Labute approximate surface area is 78.2 Å². The van der Waals surface area contributed by atoms with E-state index in [1.807, 2.05) is 0 Å². The van der Waals surface area contributed by atoms with Gasteiger partial charge in [0.25, 0.3) is 0 Å². The quantitative estimate of drug-likeness (QED) is 0.755. The first-order chi connectivity index (χ1) is 6.30. The molecule has 0 bridgehead atoms. The van der Waals surface area contributed by atoms with Crippen LogP contribution < -0.4 is 10.3 Å². The molecule has 1 heterocycles. The Hall–Kier alpha value is -1.46. The van der Waals surface area contributed by atoms with Gasteiger partial charge < -0.3 is 9.88 Å². The number of H-pyrrole nitrogens is 1. The number of alkyl halides is 3. The van der Waals surface area contributed by atoms with Crippen LogP contribution in [-0.4, -0.2) is 19.1 Å². The summed E-state index contributed by atoms with van der Waals surface area (Å²) in [4.78, 5) is 14.4. The van der Waals surface area contributed by atoms with Gasteiger partial charge in [-0.05, 0) is 0 Å². The van der Waals surface area contributed by atoms with Crippen molar-refractivity contribution in [3.8, 4) is 0 Å². The van der Waals surface area contributed by atoms with E-state index < -0.39 is 17.3 Å². The summed E-state index contributed by atoms with van der Waals surface area (Å²) in [5.74, 6) is 0.129. The van der Waals surface area contributed by atoms with Gasteiger partial charge in [-0.15, -0.1) is 0 Å². The van der Waals surface area contributed by atoms with Crippen LogP contribution in [0.2, 0.25) is 0 Å².